The SMILES string of the molecule is COC(=O)CCC1(Cl)C(=O)C=c2[nH]nnc2=C1c1ccccc1. The minimum absolute atomic E-state index is 0.0309. The summed E-state index contributed by atoms with van der Waals surface area (Å²) in [6.07, 6.45) is 1.53. The number of rotatable bonds is 4. The van der Waals surface area contributed by atoms with Gasteiger partial charge in [0, 0.05) is 18.1 Å². The second-order valence-electron chi connectivity index (χ2n) is 5.20. The smallest absolute Gasteiger partial charge is 0.305 e. The van der Waals surface area contributed by atoms with Gasteiger partial charge in [0.1, 0.15) is 10.2 Å². The fourth-order valence-electron chi connectivity index (χ4n) is 2.67. The van der Waals surface area contributed by atoms with Gasteiger partial charge in [-0.25, -0.2) is 0 Å². The van der Waals surface area contributed by atoms with Crippen molar-refractivity contribution in [3.05, 3.63) is 46.6 Å². The molecule has 1 heterocycles. The fraction of sp³-hybridized carbons (Fsp3) is 0.250. The molecule has 1 unspecified atom stereocenters. The largest absolute Gasteiger partial charge is 0.469 e. The molecule has 0 saturated carbocycles. The molecule has 1 atom stereocenters. The Kier molecular flexibility index (Phi) is 4.00. The normalized spacial score (nSPS) is 19.9. The van der Waals surface area contributed by atoms with E-state index in [4.69, 9.17) is 11.6 Å². The molecule has 0 radical (unpaired) electrons. The molecule has 1 aliphatic rings. The lowest BCUT2D eigenvalue weighted by molar-refractivity contribution is -0.140. The Morgan fingerprint density at radius 3 is 2.78 bits per heavy atom. The summed E-state index contributed by atoms with van der Waals surface area (Å²) in [6.45, 7) is 0. The number of fused-ring (bicyclic) bond motifs is 1. The number of alkyl halides is 1. The van der Waals surface area contributed by atoms with Gasteiger partial charge in [0.25, 0.3) is 0 Å². The van der Waals surface area contributed by atoms with E-state index in [1.54, 1.807) is 0 Å². The average Bonchev–Trinajstić information content (AvgIpc) is 3.01. The van der Waals surface area contributed by atoms with Crippen LogP contribution in [0.4, 0.5) is 0 Å². The van der Waals surface area contributed by atoms with Crippen LogP contribution >= 0.6 is 11.6 Å². The van der Waals surface area contributed by atoms with Gasteiger partial charge in [-0.1, -0.05) is 35.5 Å². The van der Waals surface area contributed by atoms with E-state index in [1.807, 2.05) is 30.3 Å². The third-order valence-electron chi connectivity index (χ3n) is 3.84. The zero-order valence-corrected chi connectivity index (χ0v) is 13.1. The zero-order valence-electron chi connectivity index (χ0n) is 12.4. The Bertz CT molecular complexity index is 875. The highest BCUT2D eigenvalue weighted by Crippen LogP contribution is 2.37. The van der Waals surface area contributed by atoms with Gasteiger partial charge in [0.05, 0.1) is 12.5 Å². The molecule has 1 N–H and O–H groups in total. The van der Waals surface area contributed by atoms with E-state index in [9.17, 15) is 9.59 Å². The first-order valence-electron chi connectivity index (χ1n) is 7.05. The molecular weight excluding hydrogens is 318 g/mol. The molecule has 1 aromatic heterocycles. The summed E-state index contributed by atoms with van der Waals surface area (Å²) >= 11 is 6.70. The number of benzene rings is 1. The maximum absolute atomic E-state index is 12.6. The van der Waals surface area contributed by atoms with E-state index in [-0.39, 0.29) is 18.6 Å². The molecule has 1 aromatic carbocycles. The molecular formula is C16H14ClN3O3. The number of carbonyl (C=O) groups excluding carboxylic acids is 2. The van der Waals surface area contributed by atoms with Crippen LogP contribution in [0.15, 0.2) is 30.3 Å². The van der Waals surface area contributed by atoms with Gasteiger partial charge >= 0.3 is 5.97 Å². The molecule has 1 aliphatic carbocycles. The first-order valence-corrected chi connectivity index (χ1v) is 7.43. The average molecular weight is 332 g/mol. The van der Waals surface area contributed by atoms with Gasteiger partial charge in [0.2, 0.25) is 0 Å². The lowest BCUT2D eigenvalue weighted by Gasteiger charge is -2.28. The second kappa shape index (κ2) is 5.96. The van der Waals surface area contributed by atoms with Gasteiger partial charge in [0.15, 0.2) is 5.78 Å². The van der Waals surface area contributed by atoms with Gasteiger partial charge in [-0.15, -0.1) is 16.7 Å². The summed E-state index contributed by atoms with van der Waals surface area (Å²) in [4.78, 5) is 22.7. The Hall–Kier alpha value is -2.47. The quantitative estimate of drug-likeness (QED) is 0.643. The number of ether oxygens (including phenoxy) is 1. The van der Waals surface area contributed by atoms with Crippen molar-refractivity contribution in [1.29, 1.82) is 0 Å². The van der Waals surface area contributed by atoms with Crippen LogP contribution < -0.4 is 10.7 Å². The van der Waals surface area contributed by atoms with Crippen molar-refractivity contribution in [2.75, 3.05) is 7.11 Å². The number of esters is 1. The molecule has 0 amide bonds. The lowest BCUT2D eigenvalue weighted by atomic mass is 9.82. The van der Waals surface area contributed by atoms with Gasteiger partial charge < -0.3 is 4.74 Å². The highest BCUT2D eigenvalue weighted by atomic mass is 35.5. The van der Waals surface area contributed by atoms with Crippen molar-refractivity contribution >= 4 is 35.0 Å². The third-order valence-corrected chi connectivity index (χ3v) is 4.40. The molecule has 23 heavy (non-hydrogen) atoms. The summed E-state index contributed by atoms with van der Waals surface area (Å²) in [7, 11) is 1.30. The van der Waals surface area contributed by atoms with E-state index in [2.05, 4.69) is 20.1 Å². The third kappa shape index (κ3) is 2.66. The first-order chi connectivity index (χ1) is 11.1. The van der Waals surface area contributed by atoms with Crippen molar-refractivity contribution in [1.82, 2.24) is 15.4 Å². The fourth-order valence-corrected chi connectivity index (χ4v) is 3.02. The van der Waals surface area contributed by atoms with Crippen LogP contribution in [-0.4, -0.2) is 39.1 Å². The van der Waals surface area contributed by atoms with Gasteiger partial charge in [-0.3, -0.25) is 14.7 Å². The standard InChI is InChI=1S/C16H14ClN3O3/c1-23-13(22)7-8-16(17)12(21)9-11-15(19-20-18-11)14(16)10-5-3-2-4-6-10/h2-6,9H,7-8H2,1H3,(H,18,19). The van der Waals surface area contributed by atoms with E-state index < -0.39 is 10.8 Å². The van der Waals surface area contributed by atoms with Crippen LogP contribution in [-0.2, 0) is 14.3 Å². The number of nitrogens with one attached hydrogen (secondary N) is 1. The van der Waals surface area contributed by atoms with Crippen LogP contribution in [0, 0.1) is 0 Å². The lowest BCUT2D eigenvalue weighted by Crippen LogP contribution is -2.46. The predicted molar refractivity (Wildman–Crippen MR) is 83.9 cm³/mol. The molecule has 0 spiro atoms. The topological polar surface area (TPSA) is 84.9 Å². The van der Waals surface area contributed by atoms with Crippen molar-refractivity contribution in [2.45, 2.75) is 17.7 Å². The summed E-state index contributed by atoms with van der Waals surface area (Å²) in [5, 5.41) is 11.6. The minimum atomic E-state index is -1.38. The monoisotopic (exact) mass is 331 g/mol. The second-order valence-corrected chi connectivity index (χ2v) is 5.85. The first kappa shape index (κ1) is 15.4. The number of hydrogen-bond acceptors (Lipinski definition) is 5. The zero-order chi connectivity index (χ0) is 16.4. The van der Waals surface area contributed by atoms with E-state index in [0.717, 1.165) is 5.56 Å². The Morgan fingerprint density at radius 1 is 1.35 bits per heavy atom. The number of Topliss-reactive ketones (excluding diaryl/α,β-unsaturated/α-hetero) is 1. The summed E-state index contributed by atoms with van der Waals surface area (Å²) in [6, 6.07) is 9.27. The number of carbonyl (C=O) groups is 2. The molecule has 0 saturated heterocycles. The number of nitrogens with zero attached hydrogens (tertiary/aromatic N) is 2. The van der Waals surface area contributed by atoms with Crippen LogP contribution in [0.5, 0.6) is 0 Å². The van der Waals surface area contributed by atoms with Crippen LogP contribution in [0.1, 0.15) is 18.4 Å². The van der Waals surface area contributed by atoms with Crippen LogP contribution in [0.2, 0.25) is 0 Å². The summed E-state index contributed by atoms with van der Waals surface area (Å²) in [5.41, 5.74) is 1.32. The van der Waals surface area contributed by atoms with Crippen LogP contribution in [0.3, 0.4) is 0 Å². The number of aromatic amines is 1. The van der Waals surface area contributed by atoms with E-state index in [0.29, 0.717) is 16.3 Å². The number of methoxy groups -OCH3 is 1. The van der Waals surface area contributed by atoms with Gasteiger partial charge in [-0.05, 0) is 12.0 Å². The molecule has 7 heteroatoms. The van der Waals surface area contributed by atoms with Crippen molar-refractivity contribution in [3.8, 4) is 0 Å². The van der Waals surface area contributed by atoms with E-state index >= 15 is 0 Å². The molecule has 2 aromatic rings. The highest BCUT2D eigenvalue weighted by Gasteiger charge is 2.42. The molecule has 0 bridgehead atoms. The van der Waals surface area contributed by atoms with Crippen molar-refractivity contribution in [3.63, 3.8) is 0 Å². The Labute approximate surface area is 136 Å². The van der Waals surface area contributed by atoms with Crippen molar-refractivity contribution < 1.29 is 14.3 Å². The Balaban J connectivity index is 2.19. The molecule has 0 aliphatic heterocycles. The highest BCUT2D eigenvalue weighted by molar-refractivity contribution is 6.47. The molecule has 118 valence electrons. The number of H-pyrrole nitrogens is 1. The Morgan fingerprint density at radius 2 is 2.09 bits per heavy atom. The molecule has 6 nitrogen and oxygen atoms in total. The predicted octanol–water partition coefficient (Wildman–Crippen LogP) is 0.298. The molecule has 0 fully saturated rings. The maximum atomic E-state index is 12.6. The molecule has 3 rings (SSSR count). The van der Waals surface area contributed by atoms with Crippen molar-refractivity contribution in [2.24, 2.45) is 0 Å². The number of aromatic nitrogens is 3. The van der Waals surface area contributed by atoms with E-state index in [1.165, 1.54) is 13.2 Å². The van der Waals surface area contributed by atoms with Gasteiger partial charge in [-0.2, -0.15) is 0 Å². The number of ketones is 1. The summed E-state index contributed by atoms with van der Waals surface area (Å²) < 4.78 is 4.65. The van der Waals surface area contributed by atoms with Crippen LogP contribution in [0.25, 0.3) is 11.6 Å². The minimum Gasteiger partial charge on any atom is -0.469 e. The number of hydrogen-bond donors (Lipinski definition) is 1. The maximum Gasteiger partial charge on any atom is 0.305 e. The summed E-state index contributed by atoms with van der Waals surface area (Å²) in [5.74, 6) is -0.725. The number of halogens is 1.